The molecule has 3 rings (SSSR count). The van der Waals surface area contributed by atoms with Crippen molar-refractivity contribution in [3.63, 3.8) is 0 Å². The molecule has 30 heavy (non-hydrogen) atoms. The Morgan fingerprint density at radius 3 is 2.30 bits per heavy atom. The highest BCUT2D eigenvalue weighted by Gasteiger charge is 2.19. The zero-order chi connectivity index (χ0) is 21.2. The number of β-amino-alcohol motifs (C(OH)–C–C–N with tert-alkyl or cyclic N) is 1. The molecule has 170 valence electrons. The van der Waals surface area contributed by atoms with Crippen LogP contribution < -0.4 is 9.47 Å². The van der Waals surface area contributed by atoms with Gasteiger partial charge in [-0.15, -0.1) is 0 Å². The van der Waals surface area contributed by atoms with E-state index in [0.29, 0.717) is 18.4 Å². The number of nitrogens with zero attached hydrogens (tertiary/aromatic N) is 2. The first-order chi connectivity index (χ1) is 14.7. The van der Waals surface area contributed by atoms with E-state index < -0.39 is 6.10 Å². The standard InChI is InChI=1S/C24H40N2O4/c1-28-22-10-14-26(15-11-22)17-20-8-9-23(24(16-20)29-2)30-19-21(27)18-25-12-6-4-3-5-7-13-25/h8-9,16,21-22,27H,3-7,10-15,17-19H2,1-2H3/t21-/m0/s1. The fourth-order valence-corrected chi connectivity index (χ4v) is 4.52. The molecule has 6 nitrogen and oxygen atoms in total. The molecule has 2 aliphatic heterocycles. The van der Waals surface area contributed by atoms with E-state index in [1.165, 1.54) is 37.7 Å². The highest BCUT2D eigenvalue weighted by molar-refractivity contribution is 5.43. The first-order valence-electron chi connectivity index (χ1n) is 11.6. The van der Waals surface area contributed by atoms with Gasteiger partial charge in [-0.25, -0.2) is 0 Å². The van der Waals surface area contributed by atoms with Crippen LogP contribution in [-0.4, -0.2) is 80.7 Å². The molecule has 1 aromatic carbocycles. The number of rotatable bonds is 9. The summed E-state index contributed by atoms with van der Waals surface area (Å²) in [5, 5.41) is 10.5. The molecular weight excluding hydrogens is 380 g/mol. The molecule has 0 radical (unpaired) electrons. The van der Waals surface area contributed by atoms with E-state index >= 15 is 0 Å². The number of aliphatic hydroxyl groups excluding tert-OH is 1. The molecule has 2 saturated heterocycles. The minimum absolute atomic E-state index is 0.288. The summed E-state index contributed by atoms with van der Waals surface area (Å²) in [4.78, 5) is 4.83. The third kappa shape index (κ3) is 7.41. The van der Waals surface area contributed by atoms with Gasteiger partial charge in [0.1, 0.15) is 12.7 Å². The molecule has 1 N–H and O–H groups in total. The summed E-state index contributed by atoms with van der Waals surface area (Å²) in [6, 6.07) is 6.13. The van der Waals surface area contributed by atoms with Gasteiger partial charge < -0.3 is 24.2 Å². The van der Waals surface area contributed by atoms with Crippen molar-refractivity contribution in [3.8, 4) is 11.5 Å². The maximum atomic E-state index is 10.5. The SMILES string of the molecule is COc1cc(CN2CCC(OC)CC2)ccc1OC[C@@H](O)CN1CCCCCCC1. The molecule has 0 bridgehead atoms. The lowest BCUT2D eigenvalue weighted by molar-refractivity contribution is 0.0388. The van der Waals surface area contributed by atoms with Crippen LogP contribution in [0.25, 0.3) is 0 Å². The lowest BCUT2D eigenvalue weighted by Gasteiger charge is -2.31. The van der Waals surface area contributed by atoms with E-state index in [1.54, 1.807) is 14.2 Å². The molecule has 2 aliphatic rings. The van der Waals surface area contributed by atoms with Crippen molar-refractivity contribution in [1.82, 2.24) is 9.80 Å². The Balaban J connectivity index is 1.47. The molecular formula is C24H40N2O4. The van der Waals surface area contributed by atoms with Crippen LogP contribution in [0.5, 0.6) is 11.5 Å². The van der Waals surface area contributed by atoms with Crippen LogP contribution in [0, 0.1) is 0 Å². The van der Waals surface area contributed by atoms with Crippen molar-refractivity contribution in [2.24, 2.45) is 0 Å². The average molecular weight is 421 g/mol. The maximum Gasteiger partial charge on any atom is 0.161 e. The predicted octanol–water partition coefficient (Wildman–Crippen LogP) is 3.31. The molecule has 0 saturated carbocycles. The fourth-order valence-electron chi connectivity index (χ4n) is 4.52. The van der Waals surface area contributed by atoms with Crippen molar-refractivity contribution in [1.29, 1.82) is 0 Å². The third-order valence-electron chi connectivity index (χ3n) is 6.35. The number of benzene rings is 1. The molecule has 1 atom stereocenters. The summed E-state index contributed by atoms with van der Waals surface area (Å²) in [5.74, 6) is 1.43. The molecule has 1 aromatic rings. The van der Waals surface area contributed by atoms with Crippen LogP contribution >= 0.6 is 0 Å². The van der Waals surface area contributed by atoms with E-state index in [4.69, 9.17) is 14.2 Å². The number of ether oxygens (including phenoxy) is 3. The van der Waals surface area contributed by atoms with Crippen molar-refractivity contribution in [2.45, 2.75) is 63.7 Å². The van der Waals surface area contributed by atoms with Crippen molar-refractivity contribution >= 4 is 0 Å². The largest absolute Gasteiger partial charge is 0.493 e. The summed E-state index contributed by atoms with van der Waals surface area (Å²) in [7, 11) is 3.47. The monoisotopic (exact) mass is 420 g/mol. The summed E-state index contributed by atoms with van der Waals surface area (Å²) in [6.45, 7) is 6.15. The minimum atomic E-state index is -0.490. The van der Waals surface area contributed by atoms with E-state index in [9.17, 15) is 5.11 Å². The number of likely N-dealkylation sites (tertiary alicyclic amines) is 2. The molecule has 2 fully saturated rings. The van der Waals surface area contributed by atoms with Gasteiger partial charge in [-0.1, -0.05) is 25.3 Å². The zero-order valence-electron chi connectivity index (χ0n) is 18.9. The summed E-state index contributed by atoms with van der Waals surface area (Å²) in [6.07, 6.45) is 8.49. The Labute approximate surface area is 182 Å². The topological polar surface area (TPSA) is 54.4 Å². The number of methoxy groups -OCH3 is 2. The normalized spacial score (nSPS) is 21.0. The fraction of sp³-hybridized carbons (Fsp3) is 0.750. The Bertz CT molecular complexity index is 611. The highest BCUT2D eigenvalue weighted by Crippen LogP contribution is 2.29. The van der Waals surface area contributed by atoms with Gasteiger partial charge in [0.05, 0.1) is 13.2 Å². The van der Waals surface area contributed by atoms with Crippen LogP contribution in [-0.2, 0) is 11.3 Å². The van der Waals surface area contributed by atoms with Crippen LogP contribution in [0.4, 0.5) is 0 Å². The maximum absolute atomic E-state index is 10.5. The van der Waals surface area contributed by atoms with Crippen LogP contribution in [0.2, 0.25) is 0 Å². The number of piperidine rings is 1. The molecule has 0 aliphatic carbocycles. The third-order valence-corrected chi connectivity index (χ3v) is 6.35. The van der Waals surface area contributed by atoms with Gasteiger partial charge >= 0.3 is 0 Å². The number of hydrogen-bond acceptors (Lipinski definition) is 6. The Hall–Kier alpha value is -1.34. The lowest BCUT2D eigenvalue weighted by atomic mass is 10.1. The Morgan fingerprint density at radius 2 is 1.63 bits per heavy atom. The first kappa shape index (κ1) is 23.3. The molecule has 0 amide bonds. The zero-order valence-corrected chi connectivity index (χ0v) is 18.9. The smallest absolute Gasteiger partial charge is 0.161 e. The van der Waals surface area contributed by atoms with Gasteiger partial charge in [0.2, 0.25) is 0 Å². The van der Waals surface area contributed by atoms with Gasteiger partial charge in [0.25, 0.3) is 0 Å². The number of aliphatic hydroxyl groups is 1. The summed E-state index contributed by atoms with van der Waals surface area (Å²) >= 11 is 0. The summed E-state index contributed by atoms with van der Waals surface area (Å²) < 4.78 is 17.0. The van der Waals surface area contributed by atoms with Gasteiger partial charge in [0, 0.05) is 33.3 Å². The van der Waals surface area contributed by atoms with E-state index in [0.717, 1.165) is 51.3 Å². The van der Waals surface area contributed by atoms with Crippen LogP contribution in [0.15, 0.2) is 18.2 Å². The second kappa shape index (κ2) is 12.5. The van der Waals surface area contributed by atoms with Crippen molar-refractivity contribution < 1.29 is 19.3 Å². The van der Waals surface area contributed by atoms with Gasteiger partial charge in [0.15, 0.2) is 11.5 Å². The second-order valence-corrected chi connectivity index (χ2v) is 8.73. The van der Waals surface area contributed by atoms with Crippen LogP contribution in [0.3, 0.4) is 0 Å². The molecule has 6 heteroatoms. The highest BCUT2D eigenvalue weighted by atomic mass is 16.5. The van der Waals surface area contributed by atoms with Crippen molar-refractivity contribution in [2.75, 3.05) is 53.6 Å². The van der Waals surface area contributed by atoms with Gasteiger partial charge in [-0.2, -0.15) is 0 Å². The molecule has 0 unspecified atom stereocenters. The molecule has 0 spiro atoms. The Kier molecular flexibility index (Phi) is 9.72. The van der Waals surface area contributed by atoms with Crippen LogP contribution in [0.1, 0.15) is 50.5 Å². The average Bonchev–Trinajstić information content (AvgIpc) is 2.75. The second-order valence-electron chi connectivity index (χ2n) is 8.73. The first-order valence-corrected chi connectivity index (χ1v) is 11.6. The quantitative estimate of drug-likeness (QED) is 0.662. The lowest BCUT2D eigenvalue weighted by Crippen LogP contribution is -2.37. The van der Waals surface area contributed by atoms with E-state index in [1.807, 2.05) is 6.07 Å². The summed E-state index contributed by atoms with van der Waals surface area (Å²) in [5.41, 5.74) is 1.22. The van der Waals surface area contributed by atoms with Gasteiger partial charge in [-0.3, -0.25) is 4.90 Å². The molecule has 2 heterocycles. The predicted molar refractivity (Wildman–Crippen MR) is 119 cm³/mol. The van der Waals surface area contributed by atoms with E-state index in [2.05, 4.69) is 21.9 Å². The van der Waals surface area contributed by atoms with Gasteiger partial charge in [-0.05, 0) is 56.5 Å². The minimum Gasteiger partial charge on any atom is -0.493 e. The Morgan fingerprint density at radius 1 is 0.933 bits per heavy atom. The molecule has 0 aromatic heterocycles. The van der Waals surface area contributed by atoms with E-state index in [-0.39, 0.29) is 6.61 Å². The van der Waals surface area contributed by atoms with Crippen molar-refractivity contribution in [3.05, 3.63) is 23.8 Å². The number of hydrogen-bond donors (Lipinski definition) is 1.